The quantitative estimate of drug-likeness (QED) is 0.156. The van der Waals surface area contributed by atoms with Gasteiger partial charge in [-0.15, -0.1) is 0 Å². The molecule has 11 aromatic rings. The van der Waals surface area contributed by atoms with Gasteiger partial charge in [0.2, 0.25) is 0 Å². The van der Waals surface area contributed by atoms with E-state index in [0.717, 1.165) is 0 Å². The number of rotatable bonds is 5. The molecule has 11 rings (SSSR count). The van der Waals surface area contributed by atoms with Crippen molar-refractivity contribution >= 4 is 53.9 Å². The van der Waals surface area contributed by atoms with Crippen LogP contribution in [0.2, 0.25) is 0 Å². The van der Waals surface area contributed by atoms with Gasteiger partial charge >= 0.3 is 0 Å². The maximum Gasteiger partial charge on any atom is -0.00199 e. The van der Waals surface area contributed by atoms with Crippen LogP contribution in [0.3, 0.4) is 0 Å². The lowest BCUT2D eigenvalue weighted by Gasteiger charge is -2.21. The van der Waals surface area contributed by atoms with E-state index in [0.29, 0.717) is 0 Å². The Kier molecular flexibility index (Phi) is 7.60. The molecule has 0 amide bonds. The second-order valence-corrected chi connectivity index (χ2v) is 14.8. The molecular formula is C56H36. The molecule has 0 aliphatic rings. The third-order valence-corrected chi connectivity index (χ3v) is 11.6. The van der Waals surface area contributed by atoms with Crippen LogP contribution in [0.1, 0.15) is 0 Å². The molecule has 0 fully saturated rings. The van der Waals surface area contributed by atoms with Crippen LogP contribution in [0, 0.1) is 0 Å². The summed E-state index contributed by atoms with van der Waals surface area (Å²) in [6.45, 7) is 0. The molecular weight excluding hydrogens is 673 g/mol. The van der Waals surface area contributed by atoms with Gasteiger partial charge in [0, 0.05) is 0 Å². The summed E-state index contributed by atoms with van der Waals surface area (Å²) in [6, 6.07) is 80.5. The molecule has 0 aliphatic heterocycles. The van der Waals surface area contributed by atoms with Crippen molar-refractivity contribution in [2.24, 2.45) is 0 Å². The topological polar surface area (TPSA) is 0 Å². The van der Waals surface area contributed by atoms with Gasteiger partial charge in [-0.1, -0.05) is 200 Å². The third-order valence-electron chi connectivity index (χ3n) is 11.6. The Hall–Kier alpha value is -7.28. The van der Waals surface area contributed by atoms with Gasteiger partial charge in [0.1, 0.15) is 0 Å². The first-order chi connectivity index (χ1) is 27.8. The van der Waals surface area contributed by atoms with E-state index in [1.54, 1.807) is 0 Å². The van der Waals surface area contributed by atoms with Gasteiger partial charge in [0.15, 0.2) is 0 Å². The monoisotopic (exact) mass is 708 g/mol. The SMILES string of the molecule is c1cc(-c2ccc3c(-c4cccc5ccccc45)c4ccccc4c(-c4ccccc4-c4ccc5ccccc5c4)c3c2)cc(-c2cccc3ccccc23)c1. The molecule has 0 saturated carbocycles. The first-order valence-electron chi connectivity index (χ1n) is 19.4. The average Bonchev–Trinajstić information content (AvgIpc) is 3.27. The highest BCUT2D eigenvalue weighted by Crippen LogP contribution is 2.48. The van der Waals surface area contributed by atoms with Gasteiger partial charge in [-0.05, 0) is 128 Å². The molecule has 0 spiro atoms. The fourth-order valence-electron chi connectivity index (χ4n) is 9.03. The fraction of sp³-hybridized carbons (Fsp3) is 0. The lowest BCUT2D eigenvalue weighted by molar-refractivity contribution is 1.61. The Morgan fingerprint density at radius 1 is 0.179 bits per heavy atom. The zero-order valence-corrected chi connectivity index (χ0v) is 30.8. The summed E-state index contributed by atoms with van der Waals surface area (Å²) in [5.41, 5.74) is 12.3. The molecule has 0 saturated heterocycles. The number of fused-ring (bicyclic) bond motifs is 5. The van der Waals surface area contributed by atoms with E-state index in [1.165, 1.54) is 109 Å². The van der Waals surface area contributed by atoms with E-state index in [2.05, 4.69) is 218 Å². The lowest BCUT2D eigenvalue weighted by atomic mass is 9.82. The van der Waals surface area contributed by atoms with E-state index in [-0.39, 0.29) is 0 Å². The first kappa shape index (κ1) is 32.2. The highest BCUT2D eigenvalue weighted by atomic mass is 14.2. The minimum Gasteiger partial charge on any atom is -0.0616 e. The molecule has 0 nitrogen and oxygen atoms in total. The molecule has 0 aliphatic carbocycles. The van der Waals surface area contributed by atoms with Crippen molar-refractivity contribution < 1.29 is 0 Å². The Balaban J connectivity index is 1.21. The summed E-state index contributed by atoms with van der Waals surface area (Å²) in [4.78, 5) is 0. The zero-order chi connectivity index (χ0) is 37.0. The van der Waals surface area contributed by atoms with Crippen molar-refractivity contribution in [1.82, 2.24) is 0 Å². The van der Waals surface area contributed by atoms with Crippen LogP contribution in [0.25, 0.3) is 109 Å². The molecule has 0 unspecified atom stereocenters. The molecule has 0 aromatic heterocycles. The highest BCUT2D eigenvalue weighted by Gasteiger charge is 2.21. The van der Waals surface area contributed by atoms with E-state index < -0.39 is 0 Å². The third kappa shape index (κ3) is 5.30. The van der Waals surface area contributed by atoms with Crippen molar-refractivity contribution in [1.29, 1.82) is 0 Å². The number of hydrogen-bond acceptors (Lipinski definition) is 0. The first-order valence-corrected chi connectivity index (χ1v) is 19.4. The Morgan fingerprint density at radius 2 is 0.625 bits per heavy atom. The van der Waals surface area contributed by atoms with Crippen LogP contribution < -0.4 is 0 Å². The van der Waals surface area contributed by atoms with Crippen molar-refractivity contribution in [2.75, 3.05) is 0 Å². The Labute approximate surface area is 326 Å². The normalized spacial score (nSPS) is 11.6. The van der Waals surface area contributed by atoms with Gasteiger partial charge in [-0.25, -0.2) is 0 Å². The Morgan fingerprint density at radius 3 is 1.38 bits per heavy atom. The fourth-order valence-corrected chi connectivity index (χ4v) is 9.03. The predicted octanol–water partition coefficient (Wildman–Crippen LogP) is 15.8. The van der Waals surface area contributed by atoms with Crippen LogP contribution in [-0.2, 0) is 0 Å². The van der Waals surface area contributed by atoms with E-state index in [1.807, 2.05) is 0 Å². The number of hydrogen-bond donors (Lipinski definition) is 0. The largest absolute Gasteiger partial charge is 0.0616 e. The Bertz CT molecular complexity index is 3300. The molecule has 0 heterocycles. The predicted molar refractivity (Wildman–Crippen MR) is 241 cm³/mol. The molecule has 260 valence electrons. The standard InChI is InChI=1S/C56H36/c1-2-17-40-34-44(31-30-37(40)14-1)48-24-7-8-25-49(48)56-52-27-10-9-26-51(52)55(50-29-13-19-39-16-4-6-23-46(39)50)53-33-32-42(36-54(53)56)41-20-11-21-43(35-41)47-28-12-18-38-15-3-5-22-45(38)47/h1-36H. The van der Waals surface area contributed by atoms with Crippen LogP contribution in [-0.4, -0.2) is 0 Å². The minimum atomic E-state index is 1.20. The maximum atomic E-state index is 2.45. The summed E-state index contributed by atoms with van der Waals surface area (Å²) in [5.74, 6) is 0. The van der Waals surface area contributed by atoms with Gasteiger partial charge in [-0.2, -0.15) is 0 Å². The molecule has 56 heavy (non-hydrogen) atoms. The van der Waals surface area contributed by atoms with E-state index >= 15 is 0 Å². The summed E-state index contributed by atoms with van der Waals surface area (Å²) >= 11 is 0. The number of benzene rings is 11. The van der Waals surface area contributed by atoms with Crippen molar-refractivity contribution in [2.45, 2.75) is 0 Å². The molecule has 0 N–H and O–H groups in total. The zero-order valence-electron chi connectivity index (χ0n) is 30.8. The van der Waals surface area contributed by atoms with Gasteiger partial charge in [0.25, 0.3) is 0 Å². The molecule has 0 bridgehead atoms. The smallest absolute Gasteiger partial charge is 0.00199 e. The molecule has 11 aromatic carbocycles. The van der Waals surface area contributed by atoms with E-state index in [9.17, 15) is 0 Å². The lowest BCUT2D eigenvalue weighted by Crippen LogP contribution is -1.94. The van der Waals surface area contributed by atoms with Crippen molar-refractivity contribution in [3.05, 3.63) is 218 Å². The van der Waals surface area contributed by atoms with Gasteiger partial charge in [-0.3, -0.25) is 0 Å². The maximum absolute atomic E-state index is 2.45. The van der Waals surface area contributed by atoms with Crippen LogP contribution in [0.4, 0.5) is 0 Å². The summed E-state index contributed by atoms with van der Waals surface area (Å²) < 4.78 is 0. The second-order valence-electron chi connectivity index (χ2n) is 14.8. The van der Waals surface area contributed by atoms with Crippen LogP contribution >= 0.6 is 0 Å². The van der Waals surface area contributed by atoms with Crippen LogP contribution in [0.5, 0.6) is 0 Å². The molecule has 0 radical (unpaired) electrons. The summed E-state index contributed by atoms with van der Waals surface area (Å²) in [7, 11) is 0. The minimum absolute atomic E-state index is 1.20. The molecule has 0 heteroatoms. The summed E-state index contributed by atoms with van der Waals surface area (Å²) in [6.07, 6.45) is 0. The van der Waals surface area contributed by atoms with Gasteiger partial charge in [0.05, 0.1) is 0 Å². The van der Waals surface area contributed by atoms with Crippen molar-refractivity contribution in [3.8, 4) is 55.6 Å². The van der Waals surface area contributed by atoms with Gasteiger partial charge < -0.3 is 0 Å². The second kappa shape index (κ2) is 13.2. The van der Waals surface area contributed by atoms with Crippen LogP contribution in [0.15, 0.2) is 218 Å². The average molecular weight is 709 g/mol. The highest BCUT2D eigenvalue weighted by molar-refractivity contribution is 6.25. The molecule has 0 atom stereocenters. The summed E-state index contributed by atoms with van der Waals surface area (Å²) in [5, 5.41) is 12.5. The van der Waals surface area contributed by atoms with E-state index in [4.69, 9.17) is 0 Å². The van der Waals surface area contributed by atoms with Crippen molar-refractivity contribution in [3.63, 3.8) is 0 Å².